The van der Waals surface area contributed by atoms with Gasteiger partial charge in [0, 0.05) is 0 Å². The number of nitrogens with two attached hydrogens (primary N) is 1. The molecule has 0 aliphatic rings. The van der Waals surface area contributed by atoms with E-state index in [0.29, 0.717) is 0 Å². The van der Waals surface area contributed by atoms with Crippen LogP contribution < -0.4 is 5.73 Å². The van der Waals surface area contributed by atoms with E-state index in [1.165, 1.54) is 0 Å². The highest BCUT2D eigenvalue weighted by Gasteiger charge is 2.27. The molecule has 9 heavy (non-hydrogen) atoms. The SMILES string of the molecule is Cl.N=C(N)CC(F)(F)F. The van der Waals surface area contributed by atoms with E-state index in [9.17, 15) is 13.2 Å². The minimum atomic E-state index is -4.33. The van der Waals surface area contributed by atoms with Crippen molar-refractivity contribution in [2.24, 2.45) is 5.73 Å². The molecule has 0 fully saturated rings. The van der Waals surface area contributed by atoms with E-state index >= 15 is 0 Å². The van der Waals surface area contributed by atoms with Crippen LogP contribution in [0.3, 0.4) is 0 Å². The summed E-state index contributed by atoms with van der Waals surface area (Å²) in [5.74, 6) is -0.850. The minimum absolute atomic E-state index is 0. The topological polar surface area (TPSA) is 49.9 Å². The van der Waals surface area contributed by atoms with Gasteiger partial charge in [-0.05, 0) is 0 Å². The first kappa shape index (κ1) is 11.4. The molecular weight excluding hydrogens is 156 g/mol. The van der Waals surface area contributed by atoms with Crippen LogP contribution in [0.5, 0.6) is 0 Å². The molecule has 2 nitrogen and oxygen atoms in total. The van der Waals surface area contributed by atoms with E-state index in [2.05, 4.69) is 5.73 Å². The Morgan fingerprint density at radius 1 is 1.44 bits per heavy atom. The van der Waals surface area contributed by atoms with Gasteiger partial charge in [-0.1, -0.05) is 0 Å². The van der Waals surface area contributed by atoms with E-state index in [0.717, 1.165) is 0 Å². The second kappa shape index (κ2) is 3.55. The molecule has 0 saturated carbocycles. The molecule has 0 aromatic rings. The zero-order valence-corrected chi connectivity index (χ0v) is 5.14. The first-order valence-corrected chi connectivity index (χ1v) is 1.81. The zero-order valence-electron chi connectivity index (χ0n) is 4.33. The summed E-state index contributed by atoms with van der Waals surface area (Å²) >= 11 is 0. The summed E-state index contributed by atoms with van der Waals surface area (Å²) in [6.07, 6.45) is -5.64. The van der Waals surface area contributed by atoms with Crippen molar-refractivity contribution in [3.63, 3.8) is 0 Å². The van der Waals surface area contributed by atoms with Gasteiger partial charge >= 0.3 is 6.18 Å². The van der Waals surface area contributed by atoms with Gasteiger partial charge in [-0.15, -0.1) is 12.4 Å². The normalized spacial score (nSPS) is 10.1. The van der Waals surface area contributed by atoms with Crippen molar-refractivity contribution in [2.75, 3.05) is 0 Å². The number of halogens is 4. The molecule has 6 heteroatoms. The number of hydrogen-bond donors (Lipinski definition) is 2. The molecule has 0 spiro atoms. The van der Waals surface area contributed by atoms with Crippen LogP contribution in [-0.4, -0.2) is 12.0 Å². The van der Waals surface area contributed by atoms with E-state index in [-0.39, 0.29) is 12.4 Å². The smallest absolute Gasteiger partial charge is 0.387 e. The van der Waals surface area contributed by atoms with Gasteiger partial charge < -0.3 is 5.73 Å². The van der Waals surface area contributed by atoms with Crippen molar-refractivity contribution in [3.8, 4) is 0 Å². The molecule has 0 aliphatic carbocycles. The summed E-state index contributed by atoms with van der Waals surface area (Å²) in [5, 5.41) is 6.21. The van der Waals surface area contributed by atoms with Gasteiger partial charge in [0.25, 0.3) is 0 Å². The van der Waals surface area contributed by atoms with Crippen molar-refractivity contribution in [2.45, 2.75) is 12.6 Å². The van der Waals surface area contributed by atoms with Crippen LogP contribution in [0.15, 0.2) is 0 Å². The Bertz CT molecular complexity index is 99.7. The maximum absolute atomic E-state index is 11.1. The maximum atomic E-state index is 11.1. The highest BCUT2D eigenvalue weighted by molar-refractivity contribution is 5.85. The predicted octanol–water partition coefficient (Wildman–Crippen LogP) is 1.30. The highest BCUT2D eigenvalue weighted by Crippen LogP contribution is 2.18. The Morgan fingerprint density at radius 2 is 1.78 bits per heavy atom. The third-order valence-electron chi connectivity index (χ3n) is 0.391. The summed E-state index contributed by atoms with van der Waals surface area (Å²) in [7, 11) is 0. The molecule has 56 valence electrons. The second-order valence-corrected chi connectivity index (χ2v) is 1.32. The van der Waals surface area contributed by atoms with E-state index in [1.807, 2.05) is 0 Å². The highest BCUT2D eigenvalue weighted by atomic mass is 35.5. The summed E-state index contributed by atoms with van der Waals surface area (Å²) in [4.78, 5) is 0. The Morgan fingerprint density at radius 3 is 1.78 bits per heavy atom. The lowest BCUT2D eigenvalue weighted by Crippen LogP contribution is -2.20. The van der Waals surface area contributed by atoms with Gasteiger partial charge in [0.15, 0.2) is 0 Å². The van der Waals surface area contributed by atoms with E-state index < -0.39 is 18.4 Å². The lowest BCUT2D eigenvalue weighted by atomic mass is 10.4. The van der Waals surface area contributed by atoms with E-state index in [1.54, 1.807) is 0 Å². The lowest BCUT2D eigenvalue weighted by Gasteiger charge is -2.01. The fraction of sp³-hybridized carbons (Fsp3) is 0.667. The summed E-state index contributed by atoms with van der Waals surface area (Å²) < 4.78 is 33.3. The molecule has 0 radical (unpaired) electrons. The number of rotatable bonds is 1. The number of nitrogens with one attached hydrogen (secondary N) is 1. The van der Waals surface area contributed by atoms with Crippen molar-refractivity contribution < 1.29 is 13.2 Å². The van der Waals surface area contributed by atoms with Gasteiger partial charge in [0.1, 0.15) is 6.42 Å². The molecule has 0 amide bonds. The molecule has 3 N–H and O–H groups in total. The molecule has 0 saturated heterocycles. The predicted molar refractivity (Wildman–Crippen MR) is 29.8 cm³/mol. The third kappa shape index (κ3) is 11.2. The van der Waals surface area contributed by atoms with Gasteiger partial charge in [-0.3, -0.25) is 5.41 Å². The van der Waals surface area contributed by atoms with Crippen molar-refractivity contribution in [3.05, 3.63) is 0 Å². The Kier molecular flexibility index (Phi) is 4.48. The molecule has 0 aromatic heterocycles. The molecule has 0 aromatic carbocycles. The zero-order chi connectivity index (χ0) is 6.78. The molecule has 0 atom stereocenters. The fourth-order valence-electron chi connectivity index (χ4n) is 0.216. The molecule has 0 heterocycles. The van der Waals surface area contributed by atoms with Crippen molar-refractivity contribution in [1.82, 2.24) is 0 Å². The van der Waals surface area contributed by atoms with Crippen LogP contribution in [0.4, 0.5) is 13.2 Å². The number of amidine groups is 1. The average molecular weight is 163 g/mol. The van der Waals surface area contributed by atoms with E-state index in [4.69, 9.17) is 5.41 Å². The first-order valence-electron chi connectivity index (χ1n) is 1.81. The quantitative estimate of drug-likeness (QED) is 0.443. The van der Waals surface area contributed by atoms with Gasteiger partial charge in [-0.25, -0.2) is 0 Å². The van der Waals surface area contributed by atoms with Crippen LogP contribution in [-0.2, 0) is 0 Å². The minimum Gasteiger partial charge on any atom is -0.387 e. The molecule has 0 unspecified atom stereocenters. The van der Waals surface area contributed by atoms with Crippen LogP contribution >= 0.6 is 12.4 Å². The molecular formula is C3H6ClF3N2. The van der Waals surface area contributed by atoms with Gasteiger partial charge in [0.2, 0.25) is 0 Å². The van der Waals surface area contributed by atoms with Crippen LogP contribution in [0, 0.1) is 5.41 Å². The second-order valence-electron chi connectivity index (χ2n) is 1.32. The van der Waals surface area contributed by atoms with Gasteiger partial charge in [-0.2, -0.15) is 13.2 Å². The molecule has 0 rings (SSSR count). The number of alkyl halides is 3. The monoisotopic (exact) mass is 162 g/mol. The van der Waals surface area contributed by atoms with Crippen molar-refractivity contribution >= 4 is 18.2 Å². The maximum Gasteiger partial charge on any atom is 0.395 e. The number of hydrogen-bond acceptors (Lipinski definition) is 1. The fourth-order valence-corrected chi connectivity index (χ4v) is 0.216. The van der Waals surface area contributed by atoms with Crippen LogP contribution in [0.25, 0.3) is 0 Å². The van der Waals surface area contributed by atoms with Crippen LogP contribution in [0.1, 0.15) is 6.42 Å². The summed E-state index contributed by atoms with van der Waals surface area (Å²) in [5.41, 5.74) is 4.44. The molecule has 0 aliphatic heterocycles. The molecule has 0 bridgehead atoms. The van der Waals surface area contributed by atoms with Gasteiger partial charge in [0.05, 0.1) is 5.84 Å². The standard InChI is InChI=1S/C3H5F3N2.ClH/c4-3(5,6)1-2(7)8;/h1H2,(H3,7,8);1H. The summed E-state index contributed by atoms with van der Waals surface area (Å²) in [6.45, 7) is 0. The Labute approximate surface area is 56.1 Å². The largest absolute Gasteiger partial charge is 0.395 e. The lowest BCUT2D eigenvalue weighted by molar-refractivity contribution is -0.121. The third-order valence-corrected chi connectivity index (χ3v) is 0.391. The van der Waals surface area contributed by atoms with Crippen LogP contribution in [0.2, 0.25) is 0 Å². The first-order chi connectivity index (χ1) is 3.42. The van der Waals surface area contributed by atoms with Crippen molar-refractivity contribution in [1.29, 1.82) is 5.41 Å². The average Bonchev–Trinajstić information content (AvgIpc) is 1.21. The Hall–Kier alpha value is -0.450. The Balaban J connectivity index is 0. The summed E-state index contributed by atoms with van der Waals surface area (Å²) in [6, 6.07) is 0.